The van der Waals surface area contributed by atoms with E-state index in [1.54, 1.807) is 7.11 Å². The van der Waals surface area contributed by atoms with Gasteiger partial charge in [-0.15, -0.1) is 0 Å². The number of nitrogens with zero attached hydrogens (tertiary/aromatic N) is 4. The van der Waals surface area contributed by atoms with E-state index in [-0.39, 0.29) is 0 Å². The molecule has 0 aliphatic heterocycles. The maximum Gasteiger partial charge on any atom is 0.0729 e. The molecule has 1 N–H and O–H groups in total. The second kappa shape index (κ2) is 7.98. The molecule has 132 valence electrons. The van der Waals surface area contributed by atoms with Crippen LogP contribution in [0.15, 0.2) is 42.7 Å². The van der Waals surface area contributed by atoms with Gasteiger partial charge < -0.3 is 10.1 Å². The largest absolute Gasteiger partial charge is 0.383 e. The van der Waals surface area contributed by atoms with Crippen molar-refractivity contribution in [2.45, 2.75) is 33.5 Å². The summed E-state index contributed by atoms with van der Waals surface area (Å²) < 4.78 is 9.03. The Morgan fingerprint density at radius 2 is 1.96 bits per heavy atom. The van der Waals surface area contributed by atoms with Gasteiger partial charge in [0.2, 0.25) is 0 Å². The Morgan fingerprint density at radius 3 is 2.72 bits per heavy atom. The van der Waals surface area contributed by atoms with Gasteiger partial charge in [-0.25, -0.2) is 0 Å². The molecule has 2 heterocycles. The molecule has 0 atom stereocenters. The molecule has 2 aromatic heterocycles. The quantitative estimate of drug-likeness (QED) is 0.685. The molecule has 0 radical (unpaired) electrons. The fourth-order valence-electron chi connectivity index (χ4n) is 2.85. The van der Waals surface area contributed by atoms with Crippen molar-refractivity contribution in [2.75, 3.05) is 19.0 Å². The minimum absolute atomic E-state index is 0.658. The van der Waals surface area contributed by atoms with Gasteiger partial charge in [0.1, 0.15) is 0 Å². The number of aryl methyl sites for hydroxylation is 1. The highest BCUT2D eigenvalue weighted by Gasteiger charge is 2.12. The molecule has 6 heteroatoms. The number of hydrogen-bond donors (Lipinski definition) is 1. The molecular formula is C19H25N5O. The fraction of sp³-hybridized carbons (Fsp3) is 0.368. The molecule has 0 spiro atoms. The van der Waals surface area contributed by atoms with Crippen molar-refractivity contribution in [3.8, 4) is 0 Å². The van der Waals surface area contributed by atoms with Crippen LogP contribution in [0.4, 0.5) is 5.69 Å². The first-order valence-electron chi connectivity index (χ1n) is 8.49. The average Bonchev–Trinajstić information content (AvgIpc) is 3.17. The highest BCUT2D eigenvalue weighted by molar-refractivity contribution is 5.40. The van der Waals surface area contributed by atoms with Gasteiger partial charge in [0.05, 0.1) is 37.3 Å². The first-order valence-corrected chi connectivity index (χ1v) is 8.49. The Balaban J connectivity index is 1.65. The van der Waals surface area contributed by atoms with Crippen molar-refractivity contribution in [1.82, 2.24) is 19.6 Å². The summed E-state index contributed by atoms with van der Waals surface area (Å²) in [5, 5.41) is 12.5. The van der Waals surface area contributed by atoms with Gasteiger partial charge >= 0.3 is 0 Å². The predicted molar refractivity (Wildman–Crippen MR) is 98.7 cm³/mol. The molecule has 3 rings (SSSR count). The number of rotatable bonds is 8. The molecule has 3 aromatic rings. The lowest BCUT2D eigenvalue weighted by Gasteiger charge is -2.07. The van der Waals surface area contributed by atoms with Crippen LogP contribution < -0.4 is 5.32 Å². The maximum absolute atomic E-state index is 5.08. The molecule has 0 unspecified atom stereocenters. The van der Waals surface area contributed by atoms with Crippen LogP contribution in [0.3, 0.4) is 0 Å². The zero-order valence-corrected chi connectivity index (χ0v) is 15.1. The topological polar surface area (TPSA) is 56.9 Å². The summed E-state index contributed by atoms with van der Waals surface area (Å²) in [5.74, 6) is 0. The van der Waals surface area contributed by atoms with E-state index in [1.165, 1.54) is 16.8 Å². The molecule has 0 saturated carbocycles. The van der Waals surface area contributed by atoms with Crippen molar-refractivity contribution in [3.63, 3.8) is 0 Å². The summed E-state index contributed by atoms with van der Waals surface area (Å²) in [6.07, 6.45) is 3.84. The summed E-state index contributed by atoms with van der Waals surface area (Å²) in [6, 6.07) is 10.4. The van der Waals surface area contributed by atoms with Crippen molar-refractivity contribution in [1.29, 1.82) is 0 Å². The predicted octanol–water partition coefficient (Wildman–Crippen LogP) is 3.00. The minimum atomic E-state index is 0.658. The van der Waals surface area contributed by atoms with Crippen molar-refractivity contribution >= 4 is 5.69 Å². The summed E-state index contributed by atoms with van der Waals surface area (Å²) >= 11 is 0. The number of hydrogen-bond acceptors (Lipinski definition) is 4. The Morgan fingerprint density at radius 1 is 1.16 bits per heavy atom. The molecule has 0 saturated heterocycles. The van der Waals surface area contributed by atoms with Crippen molar-refractivity contribution in [2.24, 2.45) is 0 Å². The van der Waals surface area contributed by atoms with E-state index in [1.807, 2.05) is 23.1 Å². The van der Waals surface area contributed by atoms with Crippen LogP contribution in [0.25, 0.3) is 0 Å². The minimum Gasteiger partial charge on any atom is -0.383 e. The lowest BCUT2D eigenvalue weighted by Crippen LogP contribution is -2.06. The third kappa shape index (κ3) is 4.28. The second-order valence-electron chi connectivity index (χ2n) is 6.13. The van der Waals surface area contributed by atoms with Crippen LogP contribution in [0.2, 0.25) is 0 Å². The first kappa shape index (κ1) is 17.2. The van der Waals surface area contributed by atoms with Crippen LogP contribution in [0.5, 0.6) is 0 Å². The van der Waals surface area contributed by atoms with Gasteiger partial charge in [-0.3, -0.25) is 9.36 Å². The molecule has 0 amide bonds. The Hall–Kier alpha value is -2.60. The molecular weight excluding hydrogens is 314 g/mol. The Kier molecular flexibility index (Phi) is 5.50. The molecule has 0 fully saturated rings. The monoisotopic (exact) mass is 339 g/mol. The van der Waals surface area contributed by atoms with Gasteiger partial charge in [-0.1, -0.05) is 30.3 Å². The summed E-state index contributed by atoms with van der Waals surface area (Å²) in [5.41, 5.74) is 5.76. The summed E-state index contributed by atoms with van der Waals surface area (Å²) in [4.78, 5) is 0. The van der Waals surface area contributed by atoms with Crippen LogP contribution in [-0.2, 0) is 24.4 Å². The third-order valence-electron chi connectivity index (χ3n) is 4.33. The highest BCUT2D eigenvalue weighted by Crippen LogP contribution is 2.17. The molecule has 6 nitrogen and oxygen atoms in total. The van der Waals surface area contributed by atoms with E-state index in [9.17, 15) is 0 Å². The van der Waals surface area contributed by atoms with E-state index in [0.29, 0.717) is 6.61 Å². The third-order valence-corrected chi connectivity index (χ3v) is 4.33. The second-order valence-corrected chi connectivity index (χ2v) is 6.13. The van der Waals surface area contributed by atoms with Gasteiger partial charge in [0, 0.05) is 31.1 Å². The SMILES string of the molecule is COCCn1cc(NCc2c(C)nn(Cc3ccccc3)c2C)cn1. The highest BCUT2D eigenvalue weighted by atomic mass is 16.5. The smallest absolute Gasteiger partial charge is 0.0729 e. The zero-order chi connectivity index (χ0) is 17.6. The van der Waals surface area contributed by atoms with Crippen molar-refractivity contribution in [3.05, 3.63) is 65.2 Å². The average molecular weight is 339 g/mol. The van der Waals surface area contributed by atoms with Crippen molar-refractivity contribution < 1.29 is 4.74 Å². The molecule has 0 aliphatic carbocycles. The standard InChI is InChI=1S/C19H25N5O/c1-15-19(12-20-18-11-21-23(14-18)9-10-25-3)16(2)24(22-15)13-17-7-5-4-6-8-17/h4-8,11,14,20H,9-10,12-13H2,1-3H3. The normalized spacial score (nSPS) is 11.0. The van der Waals surface area contributed by atoms with Gasteiger partial charge in [0.15, 0.2) is 0 Å². The van der Waals surface area contributed by atoms with Gasteiger partial charge in [-0.2, -0.15) is 10.2 Å². The Bertz CT molecular complexity index is 807. The molecule has 0 aliphatic rings. The first-order chi connectivity index (χ1) is 12.2. The van der Waals surface area contributed by atoms with Gasteiger partial charge in [0.25, 0.3) is 0 Å². The molecule has 1 aromatic carbocycles. The van der Waals surface area contributed by atoms with E-state index >= 15 is 0 Å². The molecule has 0 bridgehead atoms. The van der Waals surface area contributed by atoms with Crippen LogP contribution in [0.1, 0.15) is 22.5 Å². The molecule has 25 heavy (non-hydrogen) atoms. The van der Waals surface area contributed by atoms with E-state index in [0.717, 1.165) is 31.0 Å². The van der Waals surface area contributed by atoms with E-state index < -0.39 is 0 Å². The fourth-order valence-corrected chi connectivity index (χ4v) is 2.85. The number of nitrogens with one attached hydrogen (secondary N) is 1. The van der Waals surface area contributed by atoms with E-state index in [4.69, 9.17) is 9.84 Å². The lowest BCUT2D eigenvalue weighted by atomic mass is 10.2. The van der Waals surface area contributed by atoms with Gasteiger partial charge in [-0.05, 0) is 19.4 Å². The lowest BCUT2D eigenvalue weighted by molar-refractivity contribution is 0.183. The summed E-state index contributed by atoms with van der Waals surface area (Å²) in [7, 11) is 1.70. The van der Waals surface area contributed by atoms with Crippen LogP contribution in [0, 0.1) is 13.8 Å². The van der Waals surface area contributed by atoms with Crippen LogP contribution in [-0.4, -0.2) is 33.3 Å². The van der Waals surface area contributed by atoms with E-state index in [2.05, 4.69) is 53.2 Å². The number of ether oxygens (including phenoxy) is 1. The zero-order valence-electron chi connectivity index (χ0n) is 15.1. The maximum atomic E-state index is 5.08. The number of benzene rings is 1. The number of aromatic nitrogens is 4. The summed E-state index contributed by atoms with van der Waals surface area (Å²) in [6.45, 7) is 7.14. The Labute approximate surface area is 148 Å². The number of anilines is 1. The number of methoxy groups -OCH3 is 1. The van der Waals surface area contributed by atoms with Crippen LogP contribution >= 0.6 is 0 Å².